The average molecular weight is 282 g/mol. The van der Waals surface area contributed by atoms with E-state index in [0.717, 1.165) is 16.5 Å². The molecule has 0 unspecified atom stereocenters. The number of aromatic nitrogens is 1. The van der Waals surface area contributed by atoms with Gasteiger partial charge in [0, 0.05) is 27.7 Å². The van der Waals surface area contributed by atoms with Crippen molar-refractivity contribution in [3.63, 3.8) is 0 Å². The molecular formula is C17H12ClNO. The molecule has 0 radical (unpaired) electrons. The van der Waals surface area contributed by atoms with Gasteiger partial charge in [0.2, 0.25) is 0 Å². The van der Waals surface area contributed by atoms with Crippen LogP contribution in [0.25, 0.3) is 10.9 Å². The monoisotopic (exact) mass is 281 g/mol. The molecule has 0 fully saturated rings. The lowest BCUT2D eigenvalue weighted by atomic mass is 9.98. The van der Waals surface area contributed by atoms with Crippen LogP contribution in [0.2, 0.25) is 5.02 Å². The predicted molar refractivity (Wildman–Crippen MR) is 81.4 cm³/mol. The van der Waals surface area contributed by atoms with Gasteiger partial charge in [-0.05, 0) is 55.0 Å². The van der Waals surface area contributed by atoms with Crippen molar-refractivity contribution in [2.75, 3.05) is 0 Å². The van der Waals surface area contributed by atoms with E-state index in [-0.39, 0.29) is 5.78 Å². The Morgan fingerprint density at radius 1 is 1.10 bits per heavy atom. The van der Waals surface area contributed by atoms with Crippen LogP contribution in [0.4, 0.5) is 0 Å². The first-order chi connectivity index (χ1) is 9.65. The zero-order chi connectivity index (χ0) is 14.1. The molecule has 3 rings (SSSR count). The first-order valence-electron chi connectivity index (χ1n) is 6.31. The molecule has 2 nitrogen and oxygen atoms in total. The molecule has 2 aromatic carbocycles. The number of benzene rings is 2. The molecule has 0 amide bonds. The van der Waals surface area contributed by atoms with E-state index in [2.05, 4.69) is 4.98 Å². The Labute approximate surface area is 122 Å². The molecule has 1 aromatic heterocycles. The molecule has 0 atom stereocenters. The lowest BCUT2D eigenvalue weighted by Crippen LogP contribution is -2.03. The standard InChI is InChI=1S/C17H12ClNO/c1-11-9-14(18)5-6-15(11)17(20)13-4-7-16-12(10-13)3-2-8-19-16/h2-10H,1H3. The Kier molecular flexibility index (Phi) is 3.25. The third kappa shape index (κ3) is 2.30. The Morgan fingerprint density at radius 2 is 1.95 bits per heavy atom. The zero-order valence-electron chi connectivity index (χ0n) is 10.9. The maximum absolute atomic E-state index is 12.6. The summed E-state index contributed by atoms with van der Waals surface area (Å²) < 4.78 is 0. The third-order valence-corrected chi connectivity index (χ3v) is 3.53. The lowest BCUT2D eigenvalue weighted by molar-refractivity contribution is 0.103. The number of pyridine rings is 1. The van der Waals surface area contributed by atoms with Crippen LogP contribution in [0.3, 0.4) is 0 Å². The van der Waals surface area contributed by atoms with Crippen LogP contribution in [-0.2, 0) is 0 Å². The minimum atomic E-state index is 0.00456. The van der Waals surface area contributed by atoms with Crippen LogP contribution >= 0.6 is 11.6 Å². The van der Waals surface area contributed by atoms with Crippen molar-refractivity contribution in [3.8, 4) is 0 Å². The number of hydrogen-bond donors (Lipinski definition) is 0. The largest absolute Gasteiger partial charge is 0.289 e. The maximum Gasteiger partial charge on any atom is 0.193 e. The Bertz CT molecular complexity index is 811. The van der Waals surface area contributed by atoms with E-state index in [4.69, 9.17) is 11.6 Å². The van der Waals surface area contributed by atoms with E-state index in [1.165, 1.54) is 0 Å². The van der Waals surface area contributed by atoms with Crippen molar-refractivity contribution >= 4 is 28.3 Å². The summed E-state index contributed by atoms with van der Waals surface area (Å²) >= 11 is 5.93. The second kappa shape index (κ2) is 5.06. The molecule has 0 aliphatic rings. The van der Waals surface area contributed by atoms with E-state index in [0.29, 0.717) is 16.1 Å². The maximum atomic E-state index is 12.6. The van der Waals surface area contributed by atoms with E-state index < -0.39 is 0 Å². The molecule has 0 aliphatic carbocycles. The second-order valence-corrected chi connectivity index (χ2v) is 5.14. The number of ketones is 1. The van der Waals surface area contributed by atoms with Gasteiger partial charge in [0.15, 0.2) is 5.78 Å². The fourth-order valence-corrected chi connectivity index (χ4v) is 2.48. The molecular weight excluding hydrogens is 270 g/mol. The van der Waals surface area contributed by atoms with E-state index >= 15 is 0 Å². The van der Waals surface area contributed by atoms with Crippen LogP contribution in [0.1, 0.15) is 21.5 Å². The number of rotatable bonds is 2. The summed E-state index contributed by atoms with van der Waals surface area (Å²) in [6, 6.07) is 14.7. The van der Waals surface area contributed by atoms with Crippen molar-refractivity contribution in [1.29, 1.82) is 0 Å². The molecule has 0 spiro atoms. The zero-order valence-corrected chi connectivity index (χ0v) is 11.7. The molecule has 98 valence electrons. The number of halogens is 1. The highest BCUT2D eigenvalue weighted by atomic mass is 35.5. The van der Waals surface area contributed by atoms with E-state index in [1.807, 2.05) is 37.3 Å². The minimum absolute atomic E-state index is 0.00456. The fraction of sp³-hybridized carbons (Fsp3) is 0.0588. The summed E-state index contributed by atoms with van der Waals surface area (Å²) in [5, 5.41) is 1.60. The molecule has 20 heavy (non-hydrogen) atoms. The molecule has 0 aliphatic heterocycles. The summed E-state index contributed by atoms with van der Waals surface area (Å²) in [6.45, 7) is 1.89. The molecule has 3 aromatic rings. The summed E-state index contributed by atoms with van der Waals surface area (Å²) in [6.07, 6.45) is 1.74. The smallest absolute Gasteiger partial charge is 0.193 e. The van der Waals surface area contributed by atoms with Crippen molar-refractivity contribution in [2.24, 2.45) is 0 Å². The number of hydrogen-bond acceptors (Lipinski definition) is 2. The number of nitrogens with zero attached hydrogens (tertiary/aromatic N) is 1. The van der Waals surface area contributed by atoms with Gasteiger partial charge in [-0.2, -0.15) is 0 Å². The van der Waals surface area contributed by atoms with Crippen molar-refractivity contribution in [3.05, 3.63) is 76.4 Å². The summed E-state index contributed by atoms with van der Waals surface area (Å²) in [7, 11) is 0. The highest BCUT2D eigenvalue weighted by molar-refractivity contribution is 6.30. The predicted octanol–water partition coefficient (Wildman–Crippen LogP) is 4.43. The topological polar surface area (TPSA) is 30.0 Å². The van der Waals surface area contributed by atoms with Gasteiger partial charge >= 0.3 is 0 Å². The summed E-state index contributed by atoms with van der Waals surface area (Å²) in [5.74, 6) is 0.00456. The van der Waals surface area contributed by atoms with Gasteiger partial charge in [0.1, 0.15) is 0 Å². The molecule has 1 heterocycles. The quantitative estimate of drug-likeness (QED) is 0.651. The minimum Gasteiger partial charge on any atom is -0.289 e. The Morgan fingerprint density at radius 3 is 2.75 bits per heavy atom. The van der Waals surface area contributed by atoms with Gasteiger partial charge in [0.05, 0.1) is 5.52 Å². The highest BCUT2D eigenvalue weighted by Crippen LogP contribution is 2.20. The second-order valence-electron chi connectivity index (χ2n) is 4.70. The van der Waals surface area contributed by atoms with Gasteiger partial charge in [-0.3, -0.25) is 9.78 Å². The van der Waals surface area contributed by atoms with Crippen LogP contribution in [0.5, 0.6) is 0 Å². The fourth-order valence-electron chi connectivity index (χ4n) is 2.25. The normalized spacial score (nSPS) is 10.7. The number of fused-ring (bicyclic) bond motifs is 1. The van der Waals surface area contributed by atoms with Crippen molar-refractivity contribution in [2.45, 2.75) is 6.92 Å². The van der Waals surface area contributed by atoms with Crippen LogP contribution in [0, 0.1) is 6.92 Å². The van der Waals surface area contributed by atoms with Gasteiger partial charge < -0.3 is 0 Å². The molecule has 0 saturated heterocycles. The van der Waals surface area contributed by atoms with Crippen molar-refractivity contribution < 1.29 is 4.79 Å². The van der Waals surface area contributed by atoms with Crippen molar-refractivity contribution in [1.82, 2.24) is 4.98 Å². The SMILES string of the molecule is Cc1cc(Cl)ccc1C(=O)c1ccc2ncccc2c1. The van der Waals surface area contributed by atoms with Gasteiger partial charge in [-0.15, -0.1) is 0 Å². The number of aryl methyl sites for hydroxylation is 1. The van der Waals surface area contributed by atoms with Gasteiger partial charge in [-0.25, -0.2) is 0 Å². The third-order valence-electron chi connectivity index (χ3n) is 3.30. The van der Waals surface area contributed by atoms with Gasteiger partial charge in [0.25, 0.3) is 0 Å². The molecule has 3 heteroatoms. The molecule has 0 saturated carbocycles. The van der Waals surface area contributed by atoms with Crippen LogP contribution < -0.4 is 0 Å². The van der Waals surface area contributed by atoms with Crippen LogP contribution in [0.15, 0.2) is 54.7 Å². The first kappa shape index (κ1) is 12.8. The van der Waals surface area contributed by atoms with Crippen LogP contribution in [-0.4, -0.2) is 10.8 Å². The Hall–Kier alpha value is -2.19. The first-order valence-corrected chi connectivity index (χ1v) is 6.68. The summed E-state index contributed by atoms with van der Waals surface area (Å²) in [5.41, 5.74) is 3.11. The average Bonchev–Trinajstić information content (AvgIpc) is 2.46. The highest BCUT2D eigenvalue weighted by Gasteiger charge is 2.12. The summed E-state index contributed by atoms with van der Waals surface area (Å²) in [4.78, 5) is 16.8. The van der Waals surface area contributed by atoms with E-state index in [1.54, 1.807) is 24.4 Å². The lowest BCUT2D eigenvalue weighted by Gasteiger charge is -2.06. The molecule has 0 N–H and O–H groups in total. The van der Waals surface area contributed by atoms with Gasteiger partial charge in [-0.1, -0.05) is 17.7 Å². The molecule has 0 bridgehead atoms. The number of carbonyl (C=O) groups is 1. The van der Waals surface area contributed by atoms with E-state index in [9.17, 15) is 4.79 Å². The number of carbonyl (C=O) groups excluding carboxylic acids is 1. The Balaban J connectivity index is 2.08.